The van der Waals surface area contributed by atoms with Crippen molar-refractivity contribution in [1.82, 2.24) is 10.2 Å². The number of likely N-dealkylation sites (tertiary alicyclic amines) is 1. The van der Waals surface area contributed by atoms with Gasteiger partial charge in [-0.1, -0.05) is 6.07 Å². The van der Waals surface area contributed by atoms with Crippen molar-refractivity contribution in [2.45, 2.75) is 31.7 Å². The summed E-state index contributed by atoms with van der Waals surface area (Å²) in [5.41, 5.74) is 0. The van der Waals surface area contributed by atoms with Crippen molar-refractivity contribution in [3.8, 4) is 0 Å². The second-order valence-electron chi connectivity index (χ2n) is 5.36. The normalized spacial score (nSPS) is 26.1. The zero-order valence-electron chi connectivity index (χ0n) is 10.8. The molecule has 1 aromatic heterocycles. The Morgan fingerprint density at radius 2 is 2.11 bits per heavy atom. The van der Waals surface area contributed by atoms with Crippen LogP contribution in [0.1, 0.15) is 36.6 Å². The highest BCUT2D eigenvalue weighted by Crippen LogP contribution is 2.35. The summed E-state index contributed by atoms with van der Waals surface area (Å²) in [4.78, 5) is 4.32. The van der Waals surface area contributed by atoms with E-state index in [0.29, 0.717) is 0 Å². The molecule has 0 saturated carbocycles. The quantitative estimate of drug-likeness (QED) is 0.917. The first-order chi connectivity index (χ1) is 8.43. The van der Waals surface area contributed by atoms with E-state index in [2.05, 4.69) is 27.7 Å². The summed E-state index contributed by atoms with van der Waals surface area (Å²) >= 11 is 1.93. The molecule has 1 unspecified atom stereocenters. The zero-order valence-corrected chi connectivity index (χ0v) is 12.4. The van der Waals surface area contributed by atoms with Crippen LogP contribution in [0.2, 0.25) is 0 Å². The highest BCUT2D eigenvalue weighted by molar-refractivity contribution is 7.10. The first kappa shape index (κ1) is 14.3. The molecule has 18 heavy (non-hydrogen) atoms. The maximum atomic E-state index is 3.46. The highest BCUT2D eigenvalue weighted by Gasteiger charge is 2.28. The number of piperidine rings is 1. The first-order valence-corrected chi connectivity index (χ1v) is 7.79. The van der Waals surface area contributed by atoms with Gasteiger partial charge in [0.25, 0.3) is 0 Å². The van der Waals surface area contributed by atoms with Crippen molar-refractivity contribution in [2.24, 2.45) is 5.92 Å². The minimum Gasteiger partial charge on any atom is -0.317 e. The molecule has 1 N–H and O–H groups in total. The monoisotopic (exact) mass is 286 g/mol. The molecule has 2 nitrogen and oxygen atoms in total. The summed E-state index contributed by atoms with van der Waals surface area (Å²) < 4.78 is 0. The molecule has 2 fully saturated rings. The van der Waals surface area contributed by atoms with Crippen molar-refractivity contribution in [2.75, 3.05) is 26.2 Å². The van der Waals surface area contributed by atoms with Crippen molar-refractivity contribution < 1.29 is 0 Å². The van der Waals surface area contributed by atoms with Crippen LogP contribution in [0.15, 0.2) is 17.5 Å². The average Bonchev–Trinajstić information content (AvgIpc) is 3.00. The lowest BCUT2D eigenvalue weighted by Crippen LogP contribution is -2.35. The van der Waals surface area contributed by atoms with E-state index in [1.54, 1.807) is 4.88 Å². The lowest BCUT2D eigenvalue weighted by Gasteiger charge is -2.30. The lowest BCUT2D eigenvalue weighted by molar-refractivity contribution is 0.195. The minimum atomic E-state index is 0. The van der Waals surface area contributed by atoms with Crippen LogP contribution in [0.25, 0.3) is 0 Å². The molecular formula is C14H23ClN2S. The predicted molar refractivity (Wildman–Crippen MR) is 80.7 cm³/mol. The Morgan fingerprint density at radius 3 is 2.83 bits per heavy atom. The zero-order chi connectivity index (χ0) is 11.5. The van der Waals surface area contributed by atoms with Gasteiger partial charge in [-0.05, 0) is 62.7 Å². The van der Waals surface area contributed by atoms with E-state index in [0.717, 1.165) is 12.0 Å². The van der Waals surface area contributed by atoms with Crippen molar-refractivity contribution in [3.63, 3.8) is 0 Å². The van der Waals surface area contributed by atoms with E-state index in [-0.39, 0.29) is 12.4 Å². The van der Waals surface area contributed by atoms with E-state index < -0.39 is 0 Å². The number of halogens is 1. The molecule has 0 amide bonds. The van der Waals surface area contributed by atoms with Crippen molar-refractivity contribution >= 4 is 23.7 Å². The third-order valence-corrected chi connectivity index (χ3v) is 5.16. The minimum absolute atomic E-state index is 0. The molecule has 0 aromatic carbocycles. The molecule has 0 bridgehead atoms. The van der Waals surface area contributed by atoms with Crippen LogP contribution >= 0.6 is 23.7 Å². The molecule has 3 rings (SSSR count). The maximum Gasteiger partial charge on any atom is 0.0442 e. The average molecular weight is 287 g/mol. The van der Waals surface area contributed by atoms with Crippen LogP contribution in [-0.2, 0) is 0 Å². The largest absolute Gasteiger partial charge is 0.317 e. The smallest absolute Gasteiger partial charge is 0.0442 e. The van der Waals surface area contributed by atoms with E-state index in [4.69, 9.17) is 0 Å². The first-order valence-electron chi connectivity index (χ1n) is 6.91. The number of hydrogen-bond donors (Lipinski definition) is 1. The van der Waals surface area contributed by atoms with Gasteiger partial charge in [0.1, 0.15) is 0 Å². The molecule has 1 atom stereocenters. The summed E-state index contributed by atoms with van der Waals surface area (Å²) in [6.45, 7) is 5.08. The van der Waals surface area contributed by atoms with Gasteiger partial charge in [0.05, 0.1) is 0 Å². The van der Waals surface area contributed by atoms with Gasteiger partial charge in [-0.25, -0.2) is 0 Å². The van der Waals surface area contributed by atoms with E-state index in [9.17, 15) is 0 Å². The summed E-state index contributed by atoms with van der Waals surface area (Å²) in [6.07, 6.45) is 5.49. The Hall–Kier alpha value is -0.0900. The van der Waals surface area contributed by atoms with Crippen LogP contribution in [0.3, 0.4) is 0 Å². The molecule has 3 heterocycles. The predicted octanol–water partition coefficient (Wildman–Crippen LogP) is 3.31. The second-order valence-corrected chi connectivity index (χ2v) is 6.34. The fraction of sp³-hybridized carbons (Fsp3) is 0.714. The number of rotatable bonds is 3. The topological polar surface area (TPSA) is 15.3 Å². The Kier molecular flexibility index (Phi) is 5.49. The molecular weight excluding hydrogens is 264 g/mol. The van der Waals surface area contributed by atoms with Gasteiger partial charge in [0, 0.05) is 17.5 Å². The summed E-state index contributed by atoms with van der Waals surface area (Å²) in [5, 5.41) is 5.68. The fourth-order valence-corrected chi connectivity index (χ4v) is 4.14. The Bertz CT molecular complexity index is 336. The van der Waals surface area contributed by atoms with Gasteiger partial charge in [0.2, 0.25) is 0 Å². The van der Waals surface area contributed by atoms with Crippen LogP contribution < -0.4 is 5.32 Å². The van der Waals surface area contributed by atoms with Gasteiger partial charge in [0.15, 0.2) is 0 Å². The summed E-state index contributed by atoms with van der Waals surface area (Å²) in [7, 11) is 0. The SMILES string of the molecule is Cl.c1csc(C2CCCN2CC2CCNCC2)c1. The number of thiophene rings is 1. The number of nitrogens with zero attached hydrogens (tertiary/aromatic N) is 1. The molecule has 2 aliphatic heterocycles. The maximum absolute atomic E-state index is 3.46. The third-order valence-electron chi connectivity index (χ3n) is 4.19. The third kappa shape index (κ3) is 3.27. The second kappa shape index (κ2) is 6.90. The fourth-order valence-electron chi connectivity index (χ4n) is 3.24. The molecule has 0 aliphatic carbocycles. The molecule has 1 aromatic rings. The van der Waals surface area contributed by atoms with Gasteiger partial charge < -0.3 is 5.32 Å². The Morgan fingerprint density at radius 1 is 1.28 bits per heavy atom. The molecule has 2 aliphatic rings. The highest BCUT2D eigenvalue weighted by atomic mass is 35.5. The molecule has 0 spiro atoms. The molecule has 2 saturated heterocycles. The van der Waals surface area contributed by atoms with Crippen LogP contribution in [0, 0.1) is 5.92 Å². The van der Waals surface area contributed by atoms with Gasteiger partial charge in [-0.15, -0.1) is 23.7 Å². The van der Waals surface area contributed by atoms with Crippen LogP contribution in [0.5, 0.6) is 0 Å². The summed E-state index contributed by atoms with van der Waals surface area (Å²) in [6, 6.07) is 5.24. The standard InChI is InChI=1S/C14H22N2S.ClH/c1-3-13(14-4-2-10-17-14)16(9-1)11-12-5-7-15-8-6-12;/h2,4,10,12-13,15H,1,3,5-9,11H2;1H. The Balaban J connectivity index is 0.00000120. The molecule has 4 heteroatoms. The number of hydrogen-bond acceptors (Lipinski definition) is 3. The van der Waals surface area contributed by atoms with Crippen molar-refractivity contribution in [3.05, 3.63) is 22.4 Å². The van der Waals surface area contributed by atoms with Gasteiger partial charge in [-0.3, -0.25) is 4.90 Å². The van der Waals surface area contributed by atoms with Crippen LogP contribution in [0.4, 0.5) is 0 Å². The van der Waals surface area contributed by atoms with Gasteiger partial charge in [-0.2, -0.15) is 0 Å². The van der Waals surface area contributed by atoms with Crippen LogP contribution in [-0.4, -0.2) is 31.1 Å². The van der Waals surface area contributed by atoms with Gasteiger partial charge >= 0.3 is 0 Å². The van der Waals surface area contributed by atoms with E-state index in [1.165, 1.54) is 51.9 Å². The van der Waals surface area contributed by atoms with Crippen molar-refractivity contribution in [1.29, 1.82) is 0 Å². The number of nitrogens with one attached hydrogen (secondary N) is 1. The molecule has 0 radical (unpaired) electrons. The molecule has 102 valence electrons. The summed E-state index contributed by atoms with van der Waals surface area (Å²) in [5.74, 6) is 0.928. The van der Waals surface area contributed by atoms with E-state index >= 15 is 0 Å². The Labute approximate surface area is 120 Å². The lowest BCUT2D eigenvalue weighted by atomic mass is 9.97. The van der Waals surface area contributed by atoms with E-state index in [1.807, 2.05) is 11.3 Å².